The van der Waals surface area contributed by atoms with E-state index in [1.165, 1.54) is 10.4 Å². The molecule has 1 fully saturated rings. The number of rotatable bonds is 4. The average molecular weight is 327 g/mol. The van der Waals surface area contributed by atoms with Gasteiger partial charge in [0.15, 0.2) is 0 Å². The lowest BCUT2D eigenvalue weighted by Gasteiger charge is -2.47. The first-order chi connectivity index (χ1) is 9.97. The van der Waals surface area contributed by atoms with Crippen molar-refractivity contribution >= 4 is 35.0 Å². The third-order valence-corrected chi connectivity index (χ3v) is 5.95. The Hall–Kier alpha value is -1.05. The number of hydrogen-bond acceptors (Lipinski definition) is 5. The number of carboxylic acids is 1. The number of hydrogen-bond donors (Lipinski definition) is 1. The van der Waals surface area contributed by atoms with Gasteiger partial charge in [-0.25, -0.2) is 4.79 Å². The molecule has 0 bridgehead atoms. The number of thiophene rings is 1. The second-order valence-corrected chi connectivity index (χ2v) is 7.90. The molecule has 0 aliphatic carbocycles. The minimum absolute atomic E-state index is 0.0378. The van der Waals surface area contributed by atoms with Gasteiger partial charge in [-0.15, -0.1) is 11.3 Å². The van der Waals surface area contributed by atoms with Crippen LogP contribution in [0.5, 0.6) is 0 Å². The van der Waals surface area contributed by atoms with Crippen molar-refractivity contribution in [1.82, 2.24) is 4.90 Å². The Morgan fingerprint density at radius 2 is 2.24 bits per heavy atom. The summed E-state index contributed by atoms with van der Waals surface area (Å²) in [5.74, 6) is 1.19. The van der Waals surface area contributed by atoms with E-state index in [0.717, 1.165) is 22.8 Å². The first kappa shape index (κ1) is 14.9. The molecule has 1 amide bonds. The number of thioether (sulfide) groups is 1. The number of amides is 1. The first-order valence-corrected chi connectivity index (χ1v) is 8.78. The summed E-state index contributed by atoms with van der Waals surface area (Å²) in [6.07, 6.45) is 1.05. The summed E-state index contributed by atoms with van der Waals surface area (Å²) in [7, 11) is 0. The lowest BCUT2D eigenvalue weighted by Crippen LogP contribution is -2.63. The molecule has 5 nitrogen and oxygen atoms in total. The summed E-state index contributed by atoms with van der Waals surface area (Å²) in [6.45, 7) is 2.44. The van der Waals surface area contributed by atoms with Gasteiger partial charge < -0.3 is 14.7 Å². The number of aryl methyl sites for hydroxylation is 1. The summed E-state index contributed by atoms with van der Waals surface area (Å²) < 4.78 is 5.33. The van der Waals surface area contributed by atoms with Gasteiger partial charge in [-0.3, -0.25) is 4.79 Å². The molecule has 0 atom stereocenters. The van der Waals surface area contributed by atoms with Gasteiger partial charge in [-0.2, -0.15) is 11.8 Å². The Labute approximate surface area is 131 Å². The summed E-state index contributed by atoms with van der Waals surface area (Å²) in [4.78, 5) is 26.8. The Bertz CT molecular complexity index is 554. The highest BCUT2D eigenvalue weighted by molar-refractivity contribution is 7.98. The van der Waals surface area contributed by atoms with E-state index in [1.54, 1.807) is 16.2 Å². The molecular formula is C14H17NO4S2. The first-order valence-electron chi connectivity index (χ1n) is 6.81. The van der Waals surface area contributed by atoms with Crippen LogP contribution in [-0.2, 0) is 21.7 Å². The largest absolute Gasteiger partial charge is 0.480 e. The smallest absolute Gasteiger partial charge is 0.329 e. The van der Waals surface area contributed by atoms with E-state index >= 15 is 0 Å². The fraction of sp³-hybridized carbons (Fsp3) is 0.571. The van der Waals surface area contributed by atoms with Crippen LogP contribution in [0.2, 0.25) is 0 Å². The number of likely N-dealkylation sites (tertiary alicyclic amines) is 1. The van der Waals surface area contributed by atoms with Crippen LogP contribution in [0.25, 0.3) is 0 Å². The van der Waals surface area contributed by atoms with Gasteiger partial charge in [0.05, 0.1) is 18.0 Å². The third kappa shape index (κ3) is 3.09. The van der Waals surface area contributed by atoms with E-state index in [2.05, 4.69) is 0 Å². The Balaban J connectivity index is 1.60. The molecular weight excluding hydrogens is 310 g/mol. The lowest BCUT2D eigenvalue weighted by atomic mass is 9.96. The second-order valence-electron chi connectivity index (χ2n) is 5.66. The van der Waals surface area contributed by atoms with E-state index in [1.807, 2.05) is 24.8 Å². The highest BCUT2D eigenvalue weighted by Gasteiger charge is 2.43. The van der Waals surface area contributed by atoms with Gasteiger partial charge in [0.25, 0.3) is 5.91 Å². The van der Waals surface area contributed by atoms with Gasteiger partial charge in [-0.05, 0) is 30.7 Å². The predicted octanol–water partition coefficient (Wildman–Crippen LogP) is 1.85. The fourth-order valence-electron chi connectivity index (χ4n) is 2.64. The maximum Gasteiger partial charge on any atom is 0.329 e. The van der Waals surface area contributed by atoms with Gasteiger partial charge in [-0.1, -0.05) is 0 Å². The van der Waals surface area contributed by atoms with Gasteiger partial charge in [0.1, 0.15) is 12.2 Å². The summed E-state index contributed by atoms with van der Waals surface area (Å²) in [6, 6.07) is 2.02. The van der Waals surface area contributed by atoms with E-state index in [9.17, 15) is 9.59 Å². The number of ether oxygens (including phenoxy) is 1. The number of carbonyl (C=O) groups is 2. The minimum atomic E-state index is -0.982. The highest BCUT2D eigenvalue weighted by atomic mass is 32.2. The van der Waals surface area contributed by atoms with Gasteiger partial charge in [0.2, 0.25) is 0 Å². The van der Waals surface area contributed by atoms with Crippen LogP contribution in [0.15, 0.2) is 6.07 Å². The van der Waals surface area contributed by atoms with Crippen molar-refractivity contribution in [1.29, 1.82) is 0 Å². The van der Waals surface area contributed by atoms with Crippen molar-refractivity contribution < 1.29 is 19.4 Å². The molecule has 0 radical (unpaired) electrons. The van der Waals surface area contributed by atoms with Crippen LogP contribution >= 0.6 is 23.1 Å². The molecule has 0 spiro atoms. The average Bonchev–Trinajstić information content (AvgIpc) is 2.85. The Morgan fingerprint density at radius 1 is 1.48 bits per heavy atom. The van der Waals surface area contributed by atoms with Crippen LogP contribution in [0, 0.1) is 0 Å². The molecule has 21 heavy (non-hydrogen) atoms. The number of aliphatic carboxylic acids is 1. The number of nitrogens with zero attached hydrogens (tertiary/aromatic N) is 1. The van der Waals surface area contributed by atoms with Crippen LogP contribution in [0.1, 0.15) is 27.0 Å². The zero-order valence-electron chi connectivity index (χ0n) is 11.8. The molecule has 3 heterocycles. The molecule has 0 aromatic carbocycles. The molecule has 7 heteroatoms. The summed E-state index contributed by atoms with van der Waals surface area (Å²) in [5.41, 5.74) is 0.769. The minimum Gasteiger partial charge on any atom is -0.480 e. The zero-order valence-corrected chi connectivity index (χ0v) is 13.4. The highest BCUT2D eigenvalue weighted by Crippen LogP contribution is 2.34. The summed E-state index contributed by atoms with van der Waals surface area (Å²) >= 11 is 3.51. The predicted molar refractivity (Wildman–Crippen MR) is 82.1 cm³/mol. The van der Waals surface area contributed by atoms with Crippen LogP contribution in [-0.4, -0.2) is 52.9 Å². The topological polar surface area (TPSA) is 66.8 Å². The molecule has 1 saturated heterocycles. The molecule has 2 aliphatic rings. The number of carbonyl (C=O) groups excluding carboxylic acids is 1. The maximum atomic E-state index is 12.4. The molecule has 0 saturated carbocycles. The number of fused-ring (bicyclic) bond motifs is 1. The SMILES string of the molecule is CC1(OCC(=O)O)CN(C(=O)c2cc3c(s2)CCSC3)C1. The Kier molecular flexibility index (Phi) is 3.98. The van der Waals surface area contributed by atoms with Crippen molar-refractivity contribution in [2.45, 2.75) is 24.7 Å². The Morgan fingerprint density at radius 3 is 2.90 bits per heavy atom. The van der Waals surface area contributed by atoms with Crippen LogP contribution in [0.4, 0.5) is 0 Å². The maximum absolute atomic E-state index is 12.4. The van der Waals surface area contributed by atoms with E-state index in [-0.39, 0.29) is 12.5 Å². The van der Waals surface area contributed by atoms with Gasteiger partial charge in [0, 0.05) is 10.6 Å². The standard InChI is InChI=1S/C14H17NO4S2/c1-14(19-5-12(16)17)7-15(8-14)13(18)11-4-9-6-20-3-2-10(9)21-11/h4H,2-3,5-8H2,1H3,(H,16,17). The normalized spacial score (nSPS) is 19.8. The van der Waals surface area contributed by atoms with E-state index < -0.39 is 11.6 Å². The molecule has 114 valence electrons. The quantitative estimate of drug-likeness (QED) is 0.914. The summed E-state index contributed by atoms with van der Waals surface area (Å²) in [5, 5.41) is 8.64. The molecule has 1 N–H and O–H groups in total. The molecule has 0 unspecified atom stereocenters. The van der Waals surface area contributed by atoms with Crippen molar-refractivity contribution in [2.24, 2.45) is 0 Å². The monoisotopic (exact) mass is 327 g/mol. The van der Waals surface area contributed by atoms with Crippen LogP contribution < -0.4 is 0 Å². The van der Waals surface area contributed by atoms with Crippen molar-refractivity contribution in [3.8, 4) is 0 Å². The van der Waals surface area contributed by atoms with Crippen molar-refractivity contribution in [3.63, 3.8) is 0 Å². The number of carboxylic acid groups (broad SMARTS) is 1. The van der Waals surface area contributed by atoms with Crippen molar-refractivity contribution in [3.05, 3.63) is 21.4 Å². The van der Waals surface area contributed by atoms with E-state index in [4.69, 9.17) is 9.84 Å². The zero-order chi connectivity index (χ0) is 15.0. The molecule has 3 rings (SSSR count). The molecule has 1 aromatic rings. The van der Waals surface area contributed by atoms with Crippen molar-refractivity contribution in [2.75, 3.05) is 25.4 Å². The second kappa shape index (κ2) is 5.62. The fourth-order valence-corrected chi connectivity index (χ4v) is 4.98. The van der Waals surface area contributed by atoms with Crippen LogP contribution in [0.3, 0.4) is 0 Å². The molecule has 2 aliphatic heterocycles. The van der Waals surface area contributed by atoms with Gasteiger partial charge >= 0.3 is 5.97 Å². The molecule has 1 aromatic heterocycles. The van der Waals surface area contributed by atoms with E-state index in [0.29, 0.717) is 13.1 Å². The lowest BCUT2D eigenvalue weighted by molar-refractivity contribution is -0.159. The third-order valence-electron chi connectivity index (χ3n) is 3.72.